The van der Waals surface area contributed by atoms with Crippen molar-refractivity contribution < 1.29 is 14.2 Å². The first-order valence-corrected chi connectivity index (χ1v) is 5.81. The maximum Gasteiger partial charge on any atom is 0.225 e. The molecule has 0 aliphatic rings. The Morgan fingerprint density at radius 2 is 2.00 bits per heavy atom. The number of aryl methyl sites for hydroxylation is 1. The molecule has 0 aliphatic carbocycles. The number of ether oxygens (including phenoxy) is 3. The van der Waals surface area contributed by atoms with Gasteiger partial charge in [-0.1, -0.05) is 0 Å². The van der Waals surface area contributed by atoms with E-state index in [1.165, 1.54) is 0 Å². The van der Waals surface area contributed by atoms with E-state index in [0.29, 0.717) is 32.3 Å². The second-order valence-corrected chi connectivity index (χ2v) is 3.76. The third kappa shape index (κ3) is 6.41. The third-order valence-corrected chi connectivity index (χ3v) is 2.09. The Labute approximate surface area is 106 Å². The van der Waals surface area contributed by atoms with Crippen LogP contribution in [-0.2, 0) is 9.47 Å². The predicted molar refractivity (Wildman–Crippen MR) is 64.6 cm³/mol. The van der Waals surface area contributed by atoms with Crippen molar-refractivity contribution in [3.8, 4) is 5.88 Å². The number of halogens is 1. The fraction of sp³-hybridized carbons (Fsp3) is 0.636. The van der Waals surface area contributed by atoms with E-state index in [4.69, 9.17) is 25.8 Å². The van der Waals surface area contributed by atoms with E-state index in [1.54, 1.807) is 13.2 Å². The molecule has 0 fully saturated rings. The Hall–Kier alpha value is -0.910. The smallest absolute Gasteiger partial charge is 0.225 e. The molecule has 0 aromatic carbocycles. The summed E-state index contributed by atoms with van der Waals surface area (Å²) in [5.74, 6) is 0.499. The molecule has 17 heavy (non-hydrogen) atoms. The van der Waals surface area contributed by atoms with Gasteiger partial charge in [-0.3, -0.25) is 0 Å². The predicted octanol–water partition coefficient (Wildman–Crippen LogP) is 1.87. The zero-order valence-corrected chi connectivity index (χ0v) is 10.9. The van der Waals surface area contributed by atoms with Crippen molar-refractivity contribution >= 4 is 11.6 Å². The zero-order chi connectivity index (χ0) is 12.5. The number of methoxy groups -OCH3 is 1. The lowest BCUT2D eigenvalue weighted by atomic mass is 10.4. The minimum Gasteiger partial charge on any atom is -0.477 e. The normalized spacial score (nSPS) is 10.5. The van der Waals surface area contributed by atoms with E-state index < -0.39 is 0 Å². The molecule has 1 aromatic rings. The van der Waals surface area contributed by atoms with E-state index in [9.17, 15) is 0 Å². The fourth-order valence-corrected chi connectivity index (χ4v) is 1.38. The van der Waals surface area contributed by atoms with Crippen LogP contribution in [0.3, 0.4) is 0 Å². The maximum absolute atomic E-state index is 5.71. The molecule has 0 bridgehead atoms. The summed E-state index contributed by atoms with van der Waals surface area (Å²) in [6, 6.07) is 1.75. The third-order valence-electron chi connectivity index (χ3n) is 1.92. The lowest BCUT2D eigenvalue weighted by Crippen LogP contribution is -2.07. The molecule has 5 nitrogen and oxygen atoms in total. The van der Waals surface area contributed by atoms with Crippen LogP contribution in [0.25, 0.3) is 0 Å². The zero-order valence-electron chi connectivity index (χ0n) is 10.1. The molecule has 96 valence electrons. The van der Waals surface area contributed by atoms with Gasteiger partial charge >= 0.3 is 0 Å². The van der Waals surface area contributed by atoms with Crippen molar-refractivity contribution in [3.05, 3.63) is 17.0 Å². The number of hydrogen-bond donors (Lipinski definition) is 0. The topological polar surface area (TPSA) is 53.5 Å². The Morgan fingerprint density at radius 3 is 2.71 bits per heavy atom. The molecular formula is C11H17ClN2O3. The number of nitrogens with zero attached hydrogens (tertiary/aromatic N) is 2. The molecule has 1 heterocycles. The average molecular weight is 261 g/mol. The molecule has 6 heteroatoms. The second-order valence-electron chi connectivity index (χ2n) is 3.42. The van der Waals surface area contributed by atoms with Gasteiger partial charge in [-0.25, -0.2) is 4.98 Å². The molecule has 0 spiro atoms. The van der Waals surface area contributed by atoms with E-state index in [2.05, 4.69) is 9.97 Å². The van der Waals surface area contributed by atoms with Crippen LogP contribution >= 0.6 is 11.6 Å². The molecule has 0 saturated heterocycles. The number of aromatic nitrogens is 2. The Balaban J connectivity index is 2.13. The van der Waals surface area contributed by atoms with Gasteiger partial charge in [0.2, 0.25) is 11.2 Å². The minimum absolute atomic E-state index is 0.205. The van der Waals surface area contributed by atoms with Crippen molar-refractivity contribution in [1.82, 2.24) is 9.97 Å². The second kappa shape index (κ2) is 8.22. The molecule has 0 aliphatic heterocycles. The van der Waals surface area contributed by atoms with Crippen LogP contribution in [0.4, 0.5) is 0 Å². The van der Waals surface area contributed by atoms with Crippen LogP contribution in [0, 0.1) is 6.92 Å². The van der Waals surface area contributed by atoms with Gasteiger partial charge in [-0.2, -0.15) is 4.98 Å². The van der Waals surface area contributed by atoms with Gasteiger partial charge in [0.1, 0.15) is 0 Å². The summed E-state index contributed by atoms with van der Waals surface area (Å²) in [7, 11) is 1.65. The monoisotopic (exact) mass is 260 g/mol. The largest absolute Gasteiger partial charge is 0.477 e. The van der Waals surface area contributed by atoms with Crippen molar-refractivity contribution in [1.29, 1.82) is 0 Å². The SMILES string of the molecule is COCCOCCCOc1cc(C)nc(Cl)n1. The molecule has 0 atom stereocenters. The summed E-state index contributed by atoms with van der Waals surface area (Å²) in [5, 5.41) is 0.205. The first-order chi connectivity index (χ1) is 8.22. The summed E-state index contributed by atoms with van der Waals surface area (Å²) >= 11 is 5.71. The van der Waals surface area contributed by atoms with E-state index >= 15 is 0 Å². The molecule has 0 N–H and O–H groups in total. The highest BCUT2D eigenvalue weighted by Gasteiger charge is 2.00. The van der Waals surface area contributed by atoms with Crippen LogP contribution in [0.2, 0.25) is 5.28 Å². The summed E-state index contributed by atoms with van der Waals surface area (Å²) in [6.07, 6.45) is 0.796. The average Bonchev–Trinajstić information content (AvgIpc) is 2.26. The first kappa shape index (κ1) is 14.2. The highest BCUT2D eigenvalue weighted by Crippen LogP contribution is 2.11. The summed E-state index contributed by atoms with van der Waals surface area (Å²) in [5.41, 5.74) is 0.788. The summed E-state index contributed by atoms with van der Waals surface area (Å²) in [6.45, 7) is 4.24. The van der Waals surface area contributed by atoms with E-state index in [-0.39, 0.29) is 5.28 Å². The Bertz CT molecular complexity index is 316. The maximum atomic E-state index is 5.71. The van der Waals surface area contributed by atoms with Crippen LogP contribution < -0.4 is 4.74 Å². The molecule has 0 radical (unpaired) electrons. The number of hydrogen-bond acceptors (Lipinski definition) is 5. The standard InChI is InChI=1S/C11H17ClN2O3/c1-9-8-10(14-11(12)13-9)17-5-3-4-16-7-6-15-2/h8H,3-7H2,1-2H3. The van der Waals surface area contributed by atoms with Crippen LogP contribution in [0.5, 0.6) is 5.88 Å². The van der Waals surface area contributed by atoms with E-state index in [0.717, 1.165) is 12.1 Å². The van der Waals surface area contributed by atoms with Crippen molar-refractivity contribution in [2.75, 3.05) is 33.5 Å². The molecule has 1 aromatic heterocycles. The van der Waals surface area contributed by atoms with Gasteiger partial charge in [0.25, 0.3) is 0 Å². The molecule has 0 saturated carbocycles. The van der Waals surface area contributed by atoms with Crippen molar-refractivity contribution in [2.45, 2.75) is 13.3 Å². The first-order valence-electron chi connectivity index (χ1n) is 5.43. The van der Waals surface area contributed by atoms with Crippen LogP contribution in [0.1, 0.15) is 12.1 Å². The molecule has 0 amide bonds. The van der Waals surface area contributed by atoms with Gasteiger partial charge in [0, 0.05) is 31.9 Å². The molecule has 0 unspecified atom stereocenters. The van der Waals surface area contributed by atoms with E-state index in [1.807, 2.05) is 6.92 Å². The van der Waals surface area contributed by atoms with Gasteiger partial charge in [-0.15, -0.1) is 0 Å². The van der Waals surface area contributed by atoms with Gasteiger partial charge in [0.15, 0.2) is 0 Å². The highest BCUT2D eigenvalue weighted by atomic mass is 35.5. The molecule has 1 rings (SSSR count). The molecular weight excluding hydrogens is 244 g/mol. The Kier molecular flexibility index (Phi) is 6.84. The van der Waals surface area contributed by atoms with Gasteiger partial charge in [-0.05, 0) is 18.5 Å². The van der Waals surface area contributed by atoms with Crippen molar-refractivity contribution in [2.24, 2.45) is 0 Å². The van der Waals surface area contributed by atoms with Gasteiger partial charge < -0.3 is 14.2 Å². The highest BCUT2D eigenvalue weighted by molar-refractivity contribution is 6.28. The van der Waals surface area contributed by atoms with Crippen LogP contribution in [0.15, 0.2) is 6.07 Å². The lowest BCUT2D eigenvalue weighted by Gasteiger charge is -2.06. The fourth-order valence-electron chi connectivity index (χ4n) is 1.16. The minimum atomic E-state index is 0.205. The lowest BCUT2D eigenvalue weighted by molar-refractivity contribution is 0.0642. The van der Waals surface area contributed by atoms with Crippen LogP contribution in [-0.4, -0.2) is 43.5 Å². The summed E-state index contributed by atoms with van der Waals surface area (Å²) in [4.78, 5) is 7.90. The summed E-state index contributed by atoms with van der Waals surface area (Å²) < 4.78 is 15.6. The van der Waals surface area contributed by atoms with Gasteiger partial charge in [0.05, 0.1) is 19.8 Å². The quantitative estimate of drug-likeness (QED) is 0.528. The Morgan fingerprint density at radius 1 is 1.18 bits per heavy atom. The number of rotatable bonds is 8. The van der Waals surface area contributed by atoms with Crippen molar-refractivity contribution in [3.63, 3.8) is 0 Å².